The highest BCUT2D eigenvalue weighted by Crippen LogP contribution is 2.17. The van der Waals surface area contributed by atoms with Crippen molar-refractivity contribution in [3.63, 3.8) is 0 Å². The Kier molecular flexibility index (Phi) is 13.7. The van der Waals surface area contributed by atoms with Gasteiger partial charge in [-0.05, 0) is 44.7 Å². The zero-order valence-corrected chi connectivity index (χ0v) is 19.9. The van der Waals surface area contributed by atoms with Gasteiger partial charge in [-0.1, -0.05) is 26.7 Å². The number of nitrogens with zero attached hydrogens (tertiary/aromatic N) is 2. The zero-order valence-electron chi connectivity index (χ0n) is 17.5. The van der Waals surface area contributed by atoms with Crippen LogP contribution >= 0.6 is 24.0 Å². The van der Waals surface area contributed by atoms with E-state index >= 15 is 0 Å². The molecular weight excluding hydrogens is 455 g/mol. The first kappa shape index (κ1) is 24.9. The molecule has 2 unspecified atom stereocenters. The van der Waals surface area contributed by atoms with Gasteiger partial charge in [-0.15, -0.1) is 24.0 Å². The third-order valence-electron chi connectivity index (χ3n) is 5.45. The third-order valence-corrected chi connectivity index (χ3v) is 5.45. The minimum Gasteiger partial charge on any atom is -0.377 e. The van der Waals surface area contributed by atoms with Crippen molar-refractivity contribution in [3.05, 3.63) is 0 Å². The van der Waals surface area contributed by atoms with Crippen molar-refractivity contribution in [1.29, 1.82) is 0 Å². The number of likely N-dealkylation sites (tertiary alicyclic amines) is 1. The van der Waals surface area contributed by atoms with Gasteiger partial charge < -0.3 is 20.1 Å². The van der Waals surface area contributed by atoms with Gasteiger partial charge in [0.25, 0.3) is 0 Å². The van der Waals surface area contributed by atoms with Gasteiger partial charge in [0.1, 0.15) is 0 Å². The summed E-state index contributed by atoms with van der Waals surface area (Å²) in [5.41, 5.74) is 0. The lowest BCUT2D eigenvalue weighted by atomic mass is 10.0. The Bertz CT molecular complexity index is 395. The number of rotatable bonds is 9. The third kappa shape index (κ3) is 9.76. The maximum Gasteiger partial charge on any atom is 0.191 e. The van der Waals surface area contributed by atoms with Crippen LogP contribution in [0, 0.1) is 5.92 Å². The van der Waals surface area contributed by atoms with Crippen molar-refractivity contribution < 1.29 is 9.47 Å². The van der Waals surface area contributed by atoms with Crippen molar-refractivity contribution in [2.24, 2.45) is 10.9 Å². The molecular formula is C20H41IN4O2. The number of halogens is 1. The molecule has 2 atom stereocenters. The molecule has 2 aliphatic heterocycles. The summed E-state index contributed by atoms with van der Waals surface area (Å²) in [4.78, 5) is 7.02. The minimum atomic E-state index is 0. The fourth-order valence-corrected chi connectivity index (χ4v) is 3.87. The summed E-state index contributed by atoms with van der Waals surface area (Å²) in [6.45, 7) is 11.1. The van der Waals surface area contributed by atoms with Crippen LogP contribution in [0.15, 0.2) is 4.99 Å². The SMILES string of the molecule is CN=C(NCCOCC1CCCO1)NCC(C(C)C)N1CCCCCC1.I. The van der Waals surface area contributed by atoms with Crippen molar-refractivity contribution in [2.75, 3.05) is 53.0 Å². The fraction of sp³-hybridized carbons (Fsp3) is 0.950. The monoisotopic (exact) mass is 496 g/mol. The molecule has 7 heteroatoms. The van der Waals surface area contributed by atoms with E-state index in [1.807, 2.05) is 7.05 Å². The Morgan fingerprint density at radius 2 is 1.89 bits per heavy atom. The Morgan fingerprint density at radius 1 is 1.15 bits per heavy atom. The van der Waals surface area contributed by atoms with E-state index in [1.54, 1.807) is 0 Å². The molecule has 0 amide bonds. The molecule has 2 N–H and O–H groups in total. The first-order valence-corrected chi connectivity index (χ1v) is 10.6. The molecule has 0 aliphatic carbocycles. The van der Waals surface area contributed by atoms with Gasteiger partial charge in [-0.3, -0.25) is 9.89 Å². The summed E-state index contributed by atoms with van der Waals surface area (Å²) in [5.74, 6) is 1.50. The number of nitrogens with one attached hydrogen (secondary N) is 2. The lowest BCUT2D eigenvalue weighted by Crippen LogP contribution is -2.50. The highest BCUT2D eigenvalue weighted by molar-refractivity contribution is 14.0. The van der Waals surface area contributed by atoms with E-state index in [-0.39, 0.29) is 24.0 Å². The van der Waals surface area contributed by atoms with Gasteiger partial charge in [-0.2, -0.15) is 0 Å². The Balaban J connectivity index is 0.00000364. The van der Waals surface area contributed by atoms with Gasteiger partial charge >= 0.3 is 0 Å². The summed E-state index contributed by atoms with van der Waals surface area (Å²) in [6.07, 6.45) is 8.01. The summed E-state index contributed by atoms with van der Waals surface area (Å²) >= 11 is 0. The largest absolute Gasteiger partial charge is 0.377 e. The molecule has 0 bridgehead atoms. The summed E-state index contributed by atoms with van der Waals surface area (Å²) in [6, 6.07) is 0.558. The van der Waals surface area contributed by atoms with E-state index in [1.165, 1.54) is 38.8 Å². The van der Waals surface area contributed by atoms with E-state index in [2.05, 4.69) is 34.4 Å². The summed E-state index contributed by atoms with van der Waals surface area (Å²) < 4.78 is 11.3. The number of aliphatic imine (C=N–C) groups is 1. The topological polar surface area (TPSA) is 58.1 Å². The molecule has 6 nitrogen and oxygen atoms in total. The van der Waals surface area contributed by atoms with Crippen molar-refractivity contribution in [1.82, 2.24) is 15.5 Å². The van der Waals surface area contributed by atoms with E-state index in [0.717, 1.165) is 38.5 Å². The maximum atomic E-state index is 5.71. The van der Waals surface area contributed by atoms with Crippen LogP contribution in [0.2, 0.25) is 0 Å². The number of guanidine groups is 1. The second kappa shape index (κ2) is 14.8. The van der Waals surface area contributed by atoms with Crippen LogP contribution < -0.4 is 10.6 Å². The standard InChI is InChI=1S/C20H40N4O2.HI/c1-17(2)19(24-11-6-4-5-7-12-24)15-23-20(21-3)22-10-14-25-16-18-9-8-13-26-18;/h17-19H,4-16H2,1-3H3,(H2,21,22,23);1H. The predicted octanol–water partition coefficient (Wildman–Crippen LogP) is 2.87. The Hall–Kier alpha value is -0.120. The predicted molar refractivity (Wildman–Crippen MR) is 123 cm³/mol. The van der Waals surface area contributed by atoms with Crippen molar-refractivity contribution in [3.8, 4) is 0 Å². The molecule has 0 aromatic carbocycles. The normalized spacial score (nSPS) is 23.0. The first-order chi connectivity index (χ1) is 12.7. The molecule has 2 heterocycles. The number of ether oxygens (including phenoxy) is 2. The number of hydrogen-bond acceptors (Lipinski definition) is 4. The maximum absolute atomic E-state index is 5.71. The average Bonchev–Trinajstić information content (AvgIpc) is 3.01. The van der Waals surface area contributed by atoms with Crippen molar-refractivity contribution >= 4 is 29.9 Å². The van der Waals surface area contributed by atoms with Gasteiger partial charge in [0.15, 0.2) is 5.96 Å². The molecule has 0 saturated carbocycles. The van der Waals surface area contributed by atoms with E-state index in [9.17, 15) is 0 Å². The van der Waals surface area contributed by atoms with E-state index in [0.29, 0.717) is 31.3 Å². The van der Waals surface area contributed by atoms with Gasteiger partial charge in [0, 0.05) is 32.8 Å². The smallest absolute Gasteiger partial charge is 0.191 e. The second-order valence-corrected chi connectivity index (χ2v) is 7.85. The van der Waals surface area contributed by atoms with E-state index < -0.39 is 0 Å². The average molecular weight is 496 g/mol. The lowest BCUT2D eigenvalue weighted by molar-refractivity contribution is 0.0191. The van der Waals surface area contributed by atoms with Crippen LogP contribution in [0.3, 0.4) is 0 Å². The molecule has 2 fully saturated rings. The van der Waals surface area contributed by atoms with Crippen LogP contribution in [-0.2, 0) is 9.47 Å². The minimum absolute atomic E-state index is 0. The van der Waals surface area contributed by atoms with Gasteiger partial charge in [0.2, 0.25) is 0 Å². The van der Waals surface area contributed by atoms with Crippen LogP contribution in [0.25, 0.3) is 0 Å². The fourth-order valence-electron chi connectivity index (χ4n) is 3.87. The van der Waals surface area contributed by atoms with Crippen LogP contribution in [0.4, 0.5) is 0 Å². The lowest BCUT2D eigenvalue weighted by Gasteiger charge is -2.34. The molecule has 2 aliphatic rings. The molecule has 0 radical (unpaired) electrons. The molecule has 27 heavy (non-hydrogen) atoms. The molecule has 0 aromatic heterocycles. The van der Waals surface area contributed by atoms with Crippen LogP contribution in [0.5, 0.6) is 0 Å². The van der Waals surface area contributed by atoms with Crippen molar-refractivity contribution in [2.45, 2.75) is 64.5 Å². The molecule has 2 saturated heterocycles. The van der Waals surface area contributed by atoms with Crippen LogP contribution in [-0.4, -0.2) is 76.1 Å². The Labute approximate surface area is 183 Å². The Morgan fingerprint density at radius 3 is 2.48 bits per heavy atom. The summed E-state index contributed by atoms with van der Waals surface area (Å²) in [7, 11) is 1.83. The second-order valence-electron chi connectivity index (χ2n) is 7.85. The van der Waals surface area contributed by atoms with Gasteiger partial charge in [0.05, 0.1) is 19.3 Å². The number of hydrogen-bond donors (Lipinski definition) is 2. The molecule has 0 aromatic rings. The highest BCUT2D eigenvalue weighted by Gasteiger charge is 2.22. The molecule has 2 rings (SSSR count). The van der Waals surface area contributed by atoms with Crippen LogP contribution in [0.1, 0.15) is 52.4 Å². The zero-order chi connectivity index (χ0) is 18.6. The van der Waals surface area contributed by atoms with Gasteiger partial charge in [-0.25, -0.2) is 0 Å². The quantitative estimate of drug-likeness (QED) is 0.223. The first-order valence-electron chi connectivity index (χ1n) is 10.6. The highest BCUT2D eigenvalue weighted by atomic mass is 127. The molecule has 0 spiro atoms. The summed E-state index contributed by atoms with van der Waals surface area (Å²) in [5, 5.41) is 6.88. The molecule has 160 valence electrons. The van der Waals surface area contributed by atoms with E-state index in [4.69, 9.17) is 9.47 Å².